The van der Waals surface area contributed by atoms with E-state index < -0.39 is 108 Å². The fourth-order valence-electron chi connectivity index (χ4n) is 14.1. The minimum Gasteiger partial charge on any atom is -0.747 e. The van der Waals surface area contributed by atoms with Gasteiger partial charge in [-0.1, -0.05) is 170 Å². The Labute approximate surface area is 593 Å². The number of hydrogen-bond donors (Lipinski definition) is 0. The molecule has 29 heteroatoms. The maximum Gasteiger partial charge on any atom is 0.102 e. The van der Waals surface area contributed by atoms with Gasteiger partial charge < -0.3 is 31.9 Å². The van der Waals surface area contributed by atoms with E-state index in [0.717, 1.165) is 129 Å². The monoisotopic (exact) mass is 1530 g/mol. The molecule has 0 aromatic heterocycles. The third-order valence-corrected chi connectivity index (χ3v) is 26.9. The summed E-state index contributed by atoms with van der Waals surface area (Å²) in [6, 6.07) is 51.1. The van der Waals surface area contributed by atoms with Gasteiger partial charge in [0.1, 0.15) is 70.8 Å². The molecule has 0 saturated heterocycles. The summed E-state index contributed by atoms with van der Waals surface area (Å²) in [7, 11) is -29.3. The zero-order valence-electron chi connectivity index (χ0n) is 53.9. The third kappa shape index (κ3) is 22.5. The number of rotatable bonds is 7. The van der Waals surface area contributed by atoms with Crippen molar-refractivity contribution in [1.29, 1.82) is 0 Å². The second kappa shape index (κ2) is 35.1. The van der Waals surface area contributed by atoms with Crippen LogP contribution in [0.4, 0.5) is 0 Å². The summed E-state index contributed by atoms with van der Waals surface area (Å²) < 4.78 is 231. The van der Waals surface area contributed by atoms with Gasteiger partial charge in [0.05, 0.1) is 36.7 Å². The zero-order chi connectivity index (χ0) is 71.3. The Morgan fingerprint density at radius 3 is 0.394 bits per heavy atom. The standard InChI is InChI=1S/7C10H12O3S.Mn/c7*11-14(12,13)10-7-3-5-8-4-1-2-6-9(8)10;/h7*1-2,4,6,10H,3,5,7H2,(H,11,12,13);/p-7. The fraction of sp³-hybridized carbons (Fsp3) is 0.400. The van der Waals surface area contributed by atoms with Crippen LogP contribution in [0.2, 0.25) is 0 Å². The van der Waals surface area contributed by atoms with Gasteiger partial charge in [-0.15, -0.1) is 0 Å². The molecule has 14 rings (SSSR count). The first-order chi connectivity index (χ1) is 46.1. The smallest absolute Gasteiger partial charge is 0.102 e. The van der Waals surface area contributed by atoms with Crippen molar-refractivity contribution in [1.82, 2.24) is 0 Å². The topological polar surface area (TPSA) is 400 Å². The molecule has 7 unspecified atom stereocenters. The van der Waals surface area contributed by atoms with Crippen molar-refractivity contribution in [2.24, 2.45) is 0 Å². The van der Waals surface area contributed by atoms with Crippen LogP contribution in [0.3, 0.4) is 0 Å². The minimum absolute atomic E-state index is 0. The molecule has 21 nitrogen and oxygen atoms in total. The van der Waals surface area contributed by atoms with Crippen LogP contribution in [0, 0.1) is 0 Å². The number of aryl methyl sites for hydroxylation is 7. The Balaban J connectivity index is 0.000000162. The van der Waals surface area contributed by atoms with Crippen LogP contribution in [-0.2, 0) is 133 Å². The van der Waals surface area contributed by atoms with E-state index in [0.29, 0.717) is 83.9 Å². The molecule has 99 heavy (non-hydrogen) atoms. The van der Waals surface area contributed by atoms with E-state index in [1.165, 1.54) is 0 Å². The fourth-order valence-corrected chi connectivity index (χ4v) is 21.0. The quantitative estimate of drug-likeness (QED) is 0.106. The average molecular weight is 1530 g/mol. The van der Waals surface area contributed by atoms with E-state index in [4.69, 9.17) is 0 Å². The molecule has 7 aromatic rings. The number of benzene rings is 7. The molecule has 1 radical (unpaired) electrons. The van der Waals surface area contributed by atoms with Crippen molar-refractivity contribution >= 4 is 70.8 Å². The second-order valence-electron chi connectivity index (χ2n) is 25.0. The van der Waals surface area contributed by atoms with Gasteiger partial charge in [0.15, 0.2) is 0 Å². The van der Waals surface area contributed by atoms with Crippen LogP contribution in [0.25, 0.3) is 0 Å². The molecule has 7 atom stereocenters. The van der Waals surface area contributed by atoms with Crippen LogP contribution in [0.1, 0.15) is 205 Å². The van der Waals surface area contributed by atoms with Crippen LogP contribution >= 0.6 is 0 Å². The van der Waals surface area contributed by atoms with Gasteiger partial charge in [-0.2, -0.15) is 0 Å². The van der Waals surface area contributed by atoms with Gasteiger partial charge in [0.2, 0.25) is 0 Å². The van der Waals surface area contributed by atoms with E-state index in [9.17, 15) is 90.8 Å². The number of hydrogen-bond acceptors (Lipinski definition) is 21. The van der Waals surface area contributed by atoms with Crippen molar-refractivity contribution in [3.05, 3.63) is 248 Å². The summed E-state index contributed by atoms with van der Waals surface area (Å²) in [4.78, 5) is 0. The summed E-state index contributed by atoms with van der Waals surface area (Å²) in [5, 5.41) is -5.79. The first-order valence-corrected chi connectivity index (χ1v) is 42.6. The van der Waals surface area contributed by atoms with Gasteiger partial charge in [-0.25, -0.2) is 58.9 Å². The predicted octanol–water partition coefficient (Wildman–Crippen LogP) is 11.3. The molecule has 0 saturated carbocycles. The van der Waals surface area contributed by atoms with Gasteiger partial charge >= 0.3 is 0 Å². The van der Waals surface area contributed by atoms with E-state index in [2.05, 4.69) is 0 Å². The van der Waals surface area contributed by atoms with Crippen LogP contribution in [-0.4, -0.2) is 90.8 Å². The Hall–Kier alpha value is -5.57. The van der Waals surface area contributed by atoms with Crippen molar-refractivity contribution in [2.45, 2.75) is 172 Å². The largest absolute Gasteiger partial charge is 0.747 e. The maximum absolute atomic E-state index is 11.0. The zero-order valence-corrected chi connectivity index (χ0v) is 60.8. The molecule has 0 spiro atoms. The van der Waals surface area contributed by atoms with Crippen molar-refractivity contribution < 1.29 is 108 Å². The summed E-state index contributed by atoms with van der Waals surface area (Å²) in [6.07, 6.45) is 14.8. The summed E-state index contributed by atoms with van der Waals surface area (Å²) >= 11 is 0. The van der Waals surface area contributed by atoms with E-state index in [-0.39, 0.29) is 17.1 Å². The van der Waals surface area contributed by atoms with Gasteiger partial charge in [-0.05, 0) is 213 Å². The van der Waals surface area contributed by atoms with Crippen molar-refractivity contribution in [3.8, 4) is 0 Å². The SMILES string of the molecule is O=S(=O)([O-])C1CCCc2ccccc21.O=S(=O)([O-])C1CCCc2ccccc21.O=S(=O)([O-])C1CCCc2ccccc21.O=S(=O)([O-])C1CCCc2ccccc21.O=S(=O)([O-])C1CCCc2ccccc21.O=S(=O)([O-])C1CCCc2ccccc21.O=S(=O)([O-])C1CCCc2ccccc21.[Mn]. The van der Waals surface area contributed by atoms with Crippen molar-refractivity contribution in [2.75, 3.05) is 0 Å². The molecule has 7 aliphatic rings. The molecule has 0 heterocycles. The molecule has 7 aliphatic carbocycles. The van der Waals surface area contributed by atoms with E-state index in [1.807, 2.05) is 84.9 Å². The van der Waals surface area contributed by atoms with Gasteiger partial charge in [0, 0.05) is 17.1 Å². The summed E-state index contributed by atoms with van der Waals surface area (Å²) in [6.45, 7) is 0. The van der Waals surface area contributed by atoms with E-state index >= 15 is 0 Å². The van der Waals surface area contributed by atoms with Crippen molar-refractivity contribution in [3.63, 3.8) is 0 Å². The molecule has 0 fully saturated rings. The summed E-state index contributed by atoms with van der Waals surface area (Å²) in [5.41, 5.74) is 11.9. The van der Waals surface area contributed by atoms with Gasteiger partial charge in [-0.3, -0.25) is 0 Å². The second-order valence-corrected chi connectivity index (χ2v) is 35.9. The third-order valence-electron chi connectivity index (χ3n) is 18.6. The molecule has 0 amide bonds. The Bertz CT molecular complexity index is 3900. The Morgan fingerprint density at radius 1 is 0.192 bits per heavy atom. The molecule has 7 aromatic carbocycles. The molecule has 0 bridgehead atoms. The Morgan fingerprint density at radius 2 is 0.293 bits per heavy atom. The molecule has 539 valence electrons. The normalized spacial score (nSPS) is 21.4. The Kier molecular flexibility index (Phi) is 28.6. The first kappa shape index (κ1) is 80.7. The molecule has 0 N–H and O–H groups in total. The van der Waals surface area contributed by atoms with Crippen LogP contribution in [0.15, 0.2) is 170 Å². The van der Waals surface area contributed by atoms with Crippen LogP contribution in [0.5, 0.6) is 0 Å². The summed E-state index contributed by atoms with van der Waals surface area (Å²) in [5.74, 6) is 0. The maximum atomic E-state index is 11.0. The number of fused-ring (bicyclic) bond motifs is 7. The molecule has 0 aliphatic heterocycles. The minimum atomic E-state index is -4.19. The molecular weight excluding hydrogens is 1460 g/mol. The molecular formula is C70H77MnO21S7-7. The van der Waals surface area contributed by atoms with Gasteiger partial charge in [0.25, 0.3) is 0 Å². The average Bonchev–Trinajstić information content (AvgIpc) is 0.869. The van der Waals surface area contributed by atoms with Crippen LogP contribution < -0.4 is 0 Å². The van der Waals surface area contributed by atoms with E-state index in [1.54, 1.807) is 84.9 Å². The first-order valence-electron chi connectivity index (χ1n) is 32.3. The predicted molar refractivity (Wildman–Crippen MR) is 363 cm³/mol.